The summed E-state index contributed by atoms with van der Waals surface area (Å²) in [7, 11) is 0. The molecule has 1 unspecified atom stereocenters. The Hall–Kier alpha value is -1.68. The fourth-order valence-electron chi connectivity index (χ4n) is 2.92. The van der Waals surface area contributed by atoms with Crippen molar-refractivity contribution in [2.24, 2.45) is 0 Å². The van der Waals surface area contributed by atoms with Crippen LogP contribution in [0.25, 0.3) is 10.9 Å². The molecule has 0 aliphatic carbocycles. The van der Waals surface area contributed by atoms with Crippen LogP contribution in [0.2, 0.25) is 5.02 Å². The summed E-state index contributed by atoms with van der Waals surface area (Å²) in [6, 6.07) is 6.39. The summed E-state index contributed by atoms with van der Waals surface area (Å²) in [4.78, 5) is 17.4. The third-order valence-corrected chi connectivity index (χ3v) is 4.61. The molecule has 4 nitrogen and oxygen atoms in total. The first-order valence-corrected chi connectivity index (χ1v) is 7.74. The van der Waals surface area contributed by atoms with Crippen molar-refractivity contribution in [2.45, 2.75) is 39.3 Å². The second-order valence-electron chi connectivity index (χ2n) is 5.83. The highest BCUT2D eigenvalue weighted by molar-refractivity contribution is 6.32. The first kappa shape index (κ1) is 14.3. The van der Waals surface area contributed by atoms with Gasteiger partial charge in [0.05, 0.1) is 6.54 Å². The van der Waals surface area contributed by atoms with Crippen LogP contribution in [-0.2, 0) is 6.54 Å². The molecule has 1 atom stereocenters. The van der Waals surface area contributed by atoms with Gasteiger partial charge in [0.1, 0.15) is 0 Å². The molecular weight excluding hydrogens is 286 g/mol. The van der Waals surface area contributed by atoms with E-state index in [0.29, 0.717) is 12.6 Å². The number of benzene rings is 1. The number of carbonyl (C=O) groups excluding carboxylic acids is 1. The predicted octanol–water partition coefficient (Wildman–Crippen LogP) is 3.82. The van der Waals surface area contributed by atoms with E-state index in [4.69, 9.17) is 11.6 Å². The van der Waals surface area contributed by atoms with E-state index in [9.17, 15) is 4.79 Å². The van der Waals surface area contributed by atoms with E-state index in [1.807, 2.05) is 30.0 Å². The van der Waals surface area contributed by atoms with E-state index in [2.05, 4.69) is 17.2 Å². The molecule has 0 saturated carbocycles. The van der Waals surface area contributed by atoms with Crippen molar-refractivity contribution in [2.75, 3.05) is 6.54 Å². The summed E-state index contributed by atoms with van der Waals surface area (Å²) in [5, 5.41) is 4.82. The Bertz CT molecular complexity index is 640. The average Bonchev–Trinajstić information content (AvgIpc) is 3.03. The highest BCUT2D eigenvalue weighted by Gasteiger charge is 2.24. The number of carbonyl (C=O) groups is 1. The minimum atomic E-state index is 0.0212. The lowest BCUT2D eigenvalue weighted by Crippen LogP contribution is -2.41. The Morgan fingerprint density at radius 2 is 2.29 bits per heavy atom. The lowest BCUT2D eigenvalue weighted by Gasteiger charge is -2.21. The zero-order valence-corrected chi connectivity index (χ0v) is 13.1. The molecule has 5 heteroatoms. The third kappa shape index (κ3) is 2.86. The molecule has 1 aromatic heterocycles. The van der Waals surface area contributed by atoms with E-state index < -0.39 is 0 Å². The monoisotopic (exact) mass is 305 g/mol. The molecular formula is C16H20ClN3O. The van der Waals surface area contributed by atoms with Gasteiger partial charge in [0.25, 0.3) is 0 Å². The van der Waals surface area contributed by atoms with Gasteiger partial charge in [-0.05, 0) is 50.5 Å². The predicted molar refractivity (Wildman–Crippen MR) is 85.7 cm³/mol. The van der Waals surface area contributed by atoms with Gasteiger partial charge in [-0.2, -0.15) is 0 Å². The second-order valence-corrected chi connectivity index (χ2v) is 6.23. The van der Waals surface area contributed by atoms with E-state index in [0.717, 1.165) is 46.6 Å². The third-order valence-electron chi connectivity index (χ3n) is 4.20. The van der Waals surface area contributed by atoms with Gasteiger partial charge in [0.2, 0.25) is 0 Å². The lowest BCUT2D eigenvalue weighted by molar-refractivity contribution is 0.195. The van der Waals surface area contributed by atoms with Gasteiger partial charge in [0.15, 0.2) is 0 Å². The molecule has 0 radical (unpaired) electrons. The molecule has 21 heavy (non-hydrogen) atoms. The molecule has 1 fully saturated rings. The molecule has 112 valence electrons. The fraction of sp³-hybridized carbons (Fsp3) is 0.438. The van der Waals surface area contributed by atoms with Crippen LogP contribution in [-0.4, -0.2) is 28.5 Å². The fourth-order valence-corrected chi connectivity index (χ4v) is 3.10. The van der Waals surface area contributed by atoms with Gasteiger partial charge < -0.3 is 15.2 Å². The highest BCUT2D eigenvalue weighted by Crippen LogP contribution is 2.24. The summed E-state index contributed by atoms with van der Waals surface area (Å²) in [5.74, 6) is 0. The largest absolute Gasteiger partial charge is 0.357 e. The Morgan fingerprint density at radius 1 is 1.48 bits per heavy atom. The maximum atomic E-state index is 12.1. The first-order valence-electron chi connectivity index (χ1n) is 7.37. The van der Waals surface area contributed by atoms with Crippen LogP contribution >= 0.6 is 11.6 Å². The number of aromatic amines is 1. The number of hydrogen-bond donors (Lipinski definition) is 2. The van der Waals surface area contributed by atoms with Crippen molar-refractivity contribution in [3.8, 4) is 0 Å². The van der Waals surface area contributed by atoms with Crippen LogP contribution in [0.5, 0.6) is 0 Å². The Kier molecular flexibility index (Phi) is 3.81. The van der Waals surface area contributed by atoms with E-state index in [1.54, 1.807) is 0 Å². The zero-order chi connectivity index (χ0) is 15.0. The molecule has 1 aromatic carbocycles. The maximum absolute atomic E-state index is 12.1. The van der Waals surface area contributed by atoms with Gasteiger partial charge in [-0.15, -0.1) is 0 Å². The van der Waals surface area contributed by atoms with Gasteiger partial charge >= 0.3 is 6.03 Å². The molecule has 1 aliphatic rings. The van der Waals surface area contributed by atoms with Crippen molar-refractivity contribution < 1.29 is 4.79 Å². The highest BCUT2D eigenvalue weighted by atomic mass is 35.5. The number of amides is 2. The van der Waals surface area contributed by atoms with Crippen LogP contribution in [0, 0.1) is 6.92 Å². The van der Waals surface area contributed by atoms with Crippen molar-refractivity contribution in [1.29, 1.82) is 0 Å². The molecule has 1 aliphatic heterocycles. The number of hydrogen-bond acceptors (Lipinski definition) is 1. The maximum Gasteiger partial charge on any atom is 0.317 e. The number of nitrogens with one attached hydrogen (secondary N) is 2. The molecule has 2 N–H and O–H groups in total. The standard InChI is InChI=1S/C16H20ClN3O/c1-10-6-15-12(8-14(10)17)7-13(19-15)9-18-16(21)20-5-3-4-11(20)2/h6-8,11,19H,3-5,9H2,1-2H3,(H,18,21). The average molecular weight is 306 g/mol. The normalized spacial score (nSPS) is 18.4. The lowest BCUT2D eigenvalue weighted by atomic mass is 10.2. The minimum absolute atomic E-state index is 0.0212. The molecule has 3 rings (SSSR count). The number of H-pyrrole nitrogens is 1. The Labute approximate surface area is 129 Å². The number of halogens is 1. The number of aromatic nitrogens is 1. The second kappa shape index (κ2) is 5.60. The SMILES string of the molecule is Cc1cc2[nH]c(CNC(=O)N3CCCC3C)cc2cc1Cl. The van der Waals surface area contributed by atoms with E-state index in [1.165, 1.54) is 0 Å². The van der Waals surface area contributed by atoms with Gasteiger partial charge in [-0.3, -0.25) is 0 Å². The smallest absolute Gasteiger partial charge is 0.317 e. The van der Waals surface area contributed by atoms with Crippen LogP contribution in [0.15, 0.2) is 18.2 Å². The molecule has 0 bridgehead atoms. The van der Waals surface area contributed by atoms with Crippen molar-refractivity contribution in [1.82, 2.24) is 15.2 Å². The van der Waals surface area contributed by atoms with Crippen LogP contribution < -0.4 is 5.32 Å². The number of rotatable bonds is 2. The summed E-state index contributed by atoms with van der Waals surface area (Å²) >= 11 is 6.14. The zero-order valence-electron chi connectivity index (χ0n) is 12.4. The number of fused-ring (bicyclic) bond motifs is 1. The molecule has 1 saturated heterocycles. The van der Waals surface area contributed by atoms with Crippen LogP contribution in [0.3, 0.4) is 0 Å². The van der Waals surface area contributed by atoms with Crippen LogP contribution in [0.1, 0.15) is 31.0 Å². The van der Waals surface area contributed by atoms with E-state index >= 15 is 0 Å². The molecule has 2 amide bonds. The molecule has 0 spiro atoms. The van der Waals surface area contributed by atoms with Crippen molar-refractivity contribution >= 4 is 28.5 Å². The van der Waals surface area contributed by atoms with Gasteiger partial charge in [0, 0.05) is 34.2 Å². The minimum Gasteiger partial charge on any atom is -0.357 e. The Morgan fingerprint density at radius 3 is 3.00 bits per heavy atom. The quantitative estimate of drug-likeness (QED) is 0.870. The van der Waals surface area contributed by atoms with Gasteiger partial charge in [-0.1, -0.05) is 11.6 Å². The summed E-state index contributed by atoms with van der Waals surface area (Å²) in [6.07, 6.45) is 2.19. The van der Waals surface area contributed by atoms with Crippen LogP contribution in [0.4, 0.5) is 4.79 Å². The van der Waals surface area contributed by atoms with Crippen molar-refractivity contribution in [3.63, 3.8) is 0 Å². The number of nitrogens with zero attached hydrogens (tertiary/aromatic N) is 1. The number of urea groups is 1. The summed E-state index contributed by atoms with van der Waals surface area (Å²) in [5.41, 5.74) is 3.09. The molecule has 2 heterocycles. The van der Waals surface area contributed by atoms with Gasteiger partial charge in [-0.25, -0.2) is 4.79 Å². The summed E-state index contributed by atoms with van der Waals surface area (Å²) in [6.45, 7) is 5.45. The number of likely N-dealkylation sites (tertiary alicyclic amines) is 1. The number of aryl methyl sites for hydroxylation is 1. The first-order chi connectivity index (χ1) is 10.0. The topological polar surface area (TPSA) is 48.1 Å². The Balaban J connectivity index is 1.69. The van der Waals surface area contributed by atoms with Crippen molar-refractivity contribution in [3.05, 3.63) is 34.5 Å². The molecule has 2 aromatic rings. The van der Waals surface area contributed by atoms with E-state index in [-0.39, 0.29) is 6.03 Å². The summed E-state index contributed by atoms with van der Waals surface area (Å²) < 4.78 is 0.